The summed E-state index contributed by atoms with van der Waals surface area (Å²) in [6.07, 6.45) is 1.73. The standard InChI is InChI=1S/C29H27N3OS/c1-19-12-14-23(15-13-19)32-20(2)16-22(21(32)3)17-30-31-28(33)18-34-29-26-10-6-4-8-24(26)25-9-5-7-11-27(25)29/h4-17,29H,18H2,1-3H3,(H,31,33)/b30-17+. The highest BCUT2D eigenvalue weighted by molar-refractivity contribution is 8.00. The number of aryl methyl sites for hydroxylation is 2. The van der Waals surface area contributed by atoms with E-state index in [0.717, 1.165) is 22.6 Å². The molecule has 0 atom stereocenters. The lowest BCUT2D eigenvalue weighted by Gasteiger charge is -2.12. The van der Waals surface area contributed by atoms with Crippen molar-refractivity contribution in [2.24, 2.45) is 5.10 Å². The Morgan fingerprint density at radius 1 is 0.941 bits per heavy atom. The zero-order valence-corrected chi connectivity index (χ0v) is 20.4. The van der Waals surface area contributed by atoms with Gasteiger partial charge >= 0.3 is 0 Å². The monoisotopic (exact) mass is 465 g/mol. The van der Waals surface area contributed by atoms with Gasteiger partial charge < -0.3 is 4.57 Å². The summed E-state index contributed by atoms with van der Waals surface area (Å²) in [5, 5.41) is 4.41. The average molecular weight is 466 g/mol. The number of amides is 1. The normalized spacial score (nSPS) is 12.7. The van der Waals surface area contributed by atoms with Crippen LogP contribution in [0.2, 0.25) is 0 Å². The van der Waals surface area contributed by atoms with Crippen molar-refractivity contribution in [1.29, 1.82) is 0 Å². The number of aromatic nitrogens is 1. The molecule has 1 aromatic heterocycles. The molecule has 1 amide bonds. The third-order valence-electron chi connectivity index (χ3n) is 6.31. The Morgan fingerprint density at radius 2 is 1.56 bits per heavy atom. The summed E-state index contributed by atoms with van der Waals surface area (Å²) < 4.78 is 2.20. The zero-order chi connectivity index (χ0) is 23.7. The number of rotatable bonds is 6. The van der Waals surface area contributed by atoms with Crippen molar-refractivity contribution in [3.8, 4) is 16.8 Å². The predicted octanol–water partition coefficient (Wildman–Crippen LogP) is 6.36. The molecule has 5 rings (SSSR count). The largest absolute Gasteiger partial charge is 0.318 e. The number of carbonyl (C=O) groups excluding carboxylic acids is 1. The first-order chi connectivity index (χ1) is 16.5. The first kappa shape index (κ1) is 22.2. The molecule has 34 heavy (non-hydrogen) atoms. The number of thioether (sulfide) groups is 1. The first-order valence-electron chi connectivity index (χ1n) is 11.4. The minimum Gasteiger partial charge on any atom is -0.318 e. The van der Waals surface area contributed by atoms with Gasteiger partial charge in [0.2, 0.25) is 5.91 Å². The fourth-order valence-corrected chi connectivity index (χ4v) is 5.82. The van der Waals surface area contributed by atoms with E-state index < -0.39 is 0 Å². The fourth-order valence-electron chi connectivity index (χ4n) is 4.66. The molecular weight excluding hydrogens is 438 g/mol. The van der Waals surface area contributed by atoms with E-state index in [0.29, 0.717) is 5.75 Å². The van der Waals surface area contributed by atoms with Crippen LogP contribution >= 0.6 is 11.8 Å². The van der Waals surface area contributed by atoms with Crippen LogP contribution in [0.25, 0.3) is 16.8 Å². The molecule has 0 saturated carbocycles. The molecule has 0 aliphatic heterocycles. The first-order valence-corrected chi connectivity index (χ1v) is 12.5. The molecule has 3 aromatic carbocycles. The topological polar surface area (TPSA) is 46.4 Å². The minimum absolute atomic E-state index is 0.101. The van der Waals surface area contributed by atoms with Crippen LogP contribution in [0.3, 0.4) is 0 Å². The molecule has 1 N–H and O–H groups in total. The van der Waals surface area contributed by atoms with E-state index in [1.807, 2.05) is 0 Å². The third kappa shape index (κ3) is 4.19. The maximum Gasteiger partial charge on any atom is 0.250 e. The number of fused-ring (bicyclic) bond motifs is 3. The van der Waals surface area contributed by atoms with Gasteiger partial charge in [0.05, 0.1) is 17.2 Å². The van der Waals surface area contributed by atoms with Crippen molar-refractivity contribution >= 4 is 23.9 Å². The molecule has 170 valence electrons. The van der Waals surface area contributed by atoms with E-state index in [-0.39, 0.29) is 11.2 Å². The Labute approximate surface area is 204 Å². The van der Waals surface area contributed by atoms with Gasteiger partial charge in [-0.1, -0.05) is 66.2 Å². The highest BCUT2D eigenvalue weighted by Crippen LogP contribution is 2.49. The highest BCUT2D eigenvalue weighted by Gasteiger charge is 2.28. The fraction of sp³-hybridized carbons (Fsp3) is 0.172. The number of nitrogens with zero attached hydrogens (tertiary/aromatic N) is 2. The summed E-state index contributed by atoms with van der Waals surface area (Å²) in [4.78, 5) is 12.6. The summed E-state index contributed by atoms with van der Waals surface area (Å²) in [5.74, 6) is 0.239. The molecule has 1 heterocycles. The van der Waals surface area contributed by atoms with E-state index in [1.54, 1.807) is 18.0 Å². The van der Waals surface area contributed by atoms with Crippen molar-refractivity contribution in [3.05, 3.63) is 113 Å². The number of hydrazone groups is 1. The Bertz CT molecular complexity index is 1340. The second kappa shape index (κ2) is 9.35. The smallest absolute Gasteiger partial charge is 0.250 e. The second-order valence-corrected chi connectivity index (χ2v) is 9.75. The van der Waals surface area contributed by atoms with Gasteiger partial charge in [-0.15, -0.1) is 11.8 Å². The molecule has 1 aliphatic carbocycles. The molecule has 0 spiro atoms. The third-order valence-corrected chi connectivity index (χ3v) is 7.58. The van der Waals surface area contributed by atoms with Crippen LogP contribution in [0.1, 0.15) is 38.9 Å². The summed E-state index contributed by atoms with van der Waals surface area (Å²) in [5.41, 5.74) is 13.3. The molecule has 0 fully saturated rings. The van der Waals surface area contributed by atoms with E-state index in [1.165, 1.54) is 27.8 Å². The van der Waals surface area contributed by atoms with Gasteiger partial charge in [-0.25, -0.2) is 5.43 Å². The maximum absolute atomic E-state index is 12.6. The number of hydrogen-bond acceptors (Lipinski definition) is 3. The van der Waals surface area contributed by atoms with Crippen LogP contribution in [0, 0.1) is 20.8 Å². The van der Waals surface area contributed by atoms with E-state index in [4.69, 9.17) is 0 Å². The molecular formula is C29H27N3OS. The molecule has 1 aliphatic rings. The van der Waals surface area contributed by atoms with Gasteiger partial charge in [0.1, 0.15) is 0 Å². The van der Waals surface area contributed by atoms with Gasteiger partial charge in [-0.3, -0.25) is 4.79 Å². The van der Waals surface area contributed by atoms with Gasteiger partial charge in [0.25, 0.3) is 0 Å². The van der Waals surface area contributed by atoms with Crippen molar-refractivity contribution in [3.63, 3.8) is 0 Å². The highest BCUT2D eigenvalue weighted by atomic mass is 32.2. The Morgan fingerprint density at radius 3 is 2.21 bits per heavy atom. The van der Waals surface area contributed by atoms with E-state index >= 15 is 0 Å². The molecule has 0 unspecified atom stereocenters. The van der Waals surface area contributed by atoms with Crippen molar-refractivity contribution in [2.75, 3.05) is 5.75 Å². The van der Waals surface area contributed by atoms with Gasteiger partial charge in [0.15, 0.2) is 0 Å². The lowest BCUT2D eigenvalue weighted by atomic mass is 10.1. The Hall–Kier alpha value is -3.57. The van der Waals surface area contributed by atoms with Crippen LogP contribution < -0.4 is 5.43 Å². The van der Waals surface area contributed by atoms with Crippen LogP contribution in [0.15, 0.2) is 84.0 Å². The zero-order valence-electron chi connectivity index (χ0n) is 19.6. The molecule has 0 bridgehead atoms. The van der Waals surface area contributed by atoms with E-state index in [9.17, 15) is 4.79 Å². The molecule has 4 nitrogen and oxygen atoms in total. The molecule has 0 saturated heterocycles. The van der Waals surface area contributed by atoms with Gasteiger partial charge in [-0.05, 0) is 61.2 Å². The van der Waals surface area contributed by atoms with Crippen molar-refractivity contribution in [2.45, 2.75) is 26.0 Å². The number of benzene rings is 3. The van der Waals surface area contributed by atoms with Crippen LogP contribution in [0.5, 0.6) is 0 Å². The minimum atomic E-state index is -0.101. The molecule has 0 radical (unpaired) electrons. The number of hydrogen-bond donors (Lipinski definition) is 1. The maximum atomic E-state index is 12.6. The van der Waals surface area contributed by atoms with Crippen LogP contribution in [-0.4, -0.2) is 22.4 Å². The number of nitrogens with one attached hydrogen (secondary N) is 1. The van der Waals surface area contributed by atoms with E-state index in [2.05, 4.69) is 115 Å². The Balaban J connectivity index is 1.24. The lowest BCUT2D eigenvalue weighted by molar-refractivity contribution is -0.118. The SMILES string of the molecule is Cc1ccc(-n2c(C)cc(/C=N/NC(=O)CSC3c4ccccc4-c4ccccc43)c2C)cc1. The molecule has 5 heteroatoms. The van der Waals surface area contributed by atoms with Gasteiger partial charge in [-0.2, -0.15) is 5.10 Å². The van der Waals surface area contributed by atoms with Crippen molar-refractivity contribution < 1.29 is 4.79 Å². The second-order valence-electron chi connectivity index (χ2n) is 8.66. The Kier molecular flexibility index (Phi) is 6.12. The summed E-state index contributed by atoms with van der Waals surface area (Å²) in [6, 6.07) is 27.5. The van der Waals surface area contributed by atoms with Crippen LogP contribution in [-0.2, 0) is 4.79 Å². The summed E-state index contributed by atoms with van der Waals surface area (Å²) >= 11 is 1.64. The number of carbonyl (C=O) groups is 1. The van der Waals surface area contributed by atoms with Crippen LogP contribution in [0.4, 0.5) is 0 Å². The van der Waals surface area contributed by atoms with Crippen molar-refractivity contribution in [1.82, 2.24) is 9.99 Å². The predicted molar refractivity (Wildman–Crippen MR) is 142 cm³/mol. The molecule has 4 aromatic rings. The average Bonchev–Trinajstić information content (AvgIpc) is 3.32. The summed E-state index contributed by atoms with van der Waals surface area (Å²) in [6.45, 7) is 6.24. The lowest BCUT2D eigenvalue weighted by Crippen LogP contribution is -2.20. The van der Waals surface area contributed by atoms with Gasteiger partial charge in [0, 0.05) is 22.6 Å². The quantitative estimate of drug-likeness (QED) is 0.266. The summed E-state index contributed by atoms with van der Waals surface area (Å²) in [7, 11) is 0.